The van der Waals surface area contributed by atoms with Gasteiger partial charge >= 0.3 is 0 Å². The molecule has 3 aromatic rings. The number of benzene rings is 2. The summed E-state index contributed by atoms with van der Waals surface area (Å²) in [5, 5.41) is 3.23. The molecule has 1 heterocycles. The van der Waals surface area contributed by atoms with Gasteiger partial charge in [-0.3, -0.25) is 4.79 Å². The predicted molar refractivity (Wildman–Crippen MR) is 103 cm³/mol. The van der Waals surface area contributed by atoms with Crippen LogP contribution in [0, 0.1) is 0 Å². The van der Waals surface area contributed by atoms with E-state index in [0.29, 0.717) is 28.2 Å². The number of thiazole rings is 1. The van der Waals surface area contributed by atoms with E-state index < -0.39 is 9.84 Å². The van der Waals surface area contributed by atoms with E-state index in [1.807, 2.05) is 24.3 Å². The van der Waals surface area contributed by atoms with Crippen LogP contribution in [0.15, 0.2) is 47.4 Å². The SMILES string of the molecule is COc1ccccc1CCC(=O)Nc1nc2ccc(S(C)(=O)=O)cc2s1. The van der Waals surface area contributed by atoms with Crippen LogP contribution in [0.2, 0.25) is 0 Å². The Hall–Kier alpha value is -2.45. The van der Waals surface area contributed by atoms with Crippen molar-refractivity contribution >= 4 is 42.4 Å². The third kappa shape index (κ3) is 4.20. The molecule has 0 fully saturated rings. The Balaban J connectivity index is 1.69. The molecule has 6 nitrogen and oxygen atoms in total. The van der Waals surface area contributed by atoms with Crippen LogP contribution in [-0.4, -0.2) is 32.7 Å². The van der Waals surface area contributed by atoms with E-state index in [2.05, 4.69) is 10.3 Å². The molecule has 0 radical (unpaired) electrons. The van der Waals surface area contributed by atoms with E-state index in [0.717, 1.165) is 17.6 Å². The van der Waals surface area contributed by atoms with Crippen molar-refractivity contribution in [1.29, 1.82) is 0 Å². The number of hydrogen-bond donors (Lipinski definition) is 1. The predicted octanol–water partition coefficient (Wildman–Crippen LogP) is 3.28. The first-order chi connectivity index (χ1) is 12.4. The highest BCUT2D eigenvalue weighted by molar-refractivity contribution is 7.90. The Morgan fingerprint density at radius 2 is 2.00 bits per heavy atom. The molecule has 0 spiro atoms. The van der Waals surface area contributed by atoms with Crippen molar-refractivity contribution in [1.82, 2.24) is 4.98 Å². The number of hydrogen-bond acceptors (Lipinski definition) is 6. The van der Waals surface area contributed by atoms with Crippen molar-refractivity contribution in [3.05, 3.63) is 48.0 Å². The number of nitrogens with zero attached hydrogens (tertiary/aromatic N) is 1. The fourth-order valence-corrected chi connectivity index (χ4v) is 4.17. The number of fused-ring (bicyclic) bond motifs is 1. The molecule has 0 unspecified atom stereocenters. The normalized spacial score (nSPS) is 11.5. The van der Waals surface area contributed by atoms with Gasteiger partial charge in [-0.05, 0) is 36.2 Å². The van der Waals surface area contributed by atoms with E-state index in [-0.39, 0.29) is 10.8 Å². The van der Waals surface area contributed by atoms with Gasteiger partial charge < -0.3 is 10.1 Å². The number of amides is 1. The van der Waals surface area contributed by atoms with Crippen LogP contribution in [-0.2, 0) is 21.1 Å². The molecule has 1 aromatic heterocycles. The second kappa shape index (κ2) is 7.43. The minimum atomic E-state index is -3.27. The van der Waals surface area contributed by atoms with Crippen molar-refractivity contribution < 1.29 is 17.9 Å². The number of anilines is 1. The van der Waals surface area contributed by atoms with Crippen LogP contribution in [0.5, 0.6) is 5.75 Å². The summed E-state index contributed by atoms with van der Waals surface area (Å²) in [7, 11) is -1.67. The molecular formula is C18H18N2O4S2. The summed E-state index contributed by atoms with van der Waals surface area (Å²) in [5.41, 5.74) is 1.62. The number of ether oxygens (including phenoxy) is 1. The summed E-state index contributed by atoms with van der Waals surface area (Å²) in [5.74, 6) is 0.604. The molecule has 136 valence electrons. The Morgan fingerprint density at radius 1 is 1.23 bits per heavy atom. The molecule has 0 aliphatic heterocycles. The van der Waals surface area contributed by atoms with Crippen LogP contribution in [0.25, 0.3) is 10.2 Å². The van der Waals surface area contributed by atoms with Gasteiger partial charge in [0.25, 0.3) is 0 Å². The van der Waals surface area contributed by atoms with E-state index in [4.69, 9.17) is 4.74 Å². The molecule has 26 heavy (non-hydrogen) atoms. The lowest BCUT2D eigenvalue weighted by atomic mass is 10.1. The van der Waals surface area contributed by atoms with Gasteiger partial charge in [0.2, 0.25) is 5.91 Å². The van der Waals surface area contributed by atoms with Crippen LogP contribution < -0.4 is 10.1 Å². The van der Waals surface area contributed by atoms with Crippen molar-refractivity contribution in [3.8, 4) is 5.75 Å². The highest BCUT2D eigenvalue weighted by atomic mass is 32.2. The van der Waals surface area contributed by atoms with Gasteiger partial charge in [0.15, 0.2) is 15.0 Å². The molecule has 0 saturated carbocycles. The molecule has 0 aliphatic carbocycles. The maximum absolute atomic E-state index is 12.2. The number of methoxy groups -OCH3 is 1. The Morgan fingerprint density at radius 3 is 2.73 bits per heavy atom. The summed E-state index contributed by atoms with van der Waals surface area (Å²) in [6.45, 7) is 0. The standard InChI is InChI=1S/C18H18N2O4S2/c1-24-15-6-4-3-5-12(15)7-10-17(21)20-18-19-14-9-8-13(26(2,22)23)11-16(14)25-18/h3-6,8-9,11H,7,10H2,1-2H3,(H,19,20,21). The molecule has 0 bridgehead atoms. The van der Waals surface area contributed by atoms with Gasteiger partial charge in [-0.2, -0.15) is 0 Å². The van der Waals surface area contributed by atoms with Gasteiger partial charge in [0.1, 0.15) is 5.75 Å². The number of aryl methyl sites for hydroxylation is 1. The second-order valence-corrected chi connectivity index (χ2v) is 8.83. The van der Waals surface area contributed by atoms with Crippen LogP contribution in [0.4, 0.5) is 5.13 Å². The summed E-state index contributed by atoms with van der Waals surface area (Å²) < 4.78 is 29.3. The summed E-state index contributed by atoms with van der Waals surface area (Å²) in [6.07, 6.45) is 2.01. The van der Waals surface area contributed by atoms with Crippen LogP contribution >= 0.6 is 11.3 Å². The summed E-state index contributed by atoms with van der Waals surface area (Å²) >= 11 is 1.25. The Kier molecular flexibility index (Phi) is 5.24. The van der Waals surface area contributed by atoms with Gasteiger partial charge in [-0.25, -0.2) is 13.4 Å². The molecule has 3 rings (SSSR count). The molecule has 0 saturated heterocycles. The lowest BCUT2D eigenvalue weighted by molar-refractivity contribution is -0.116. The molecule has 0 atom stereocenters. The molecule has 1 amide bonds. The fourth-order valence-electron chi connectivity index (χ4n) is 2.53. The third-order valence-electron chi connectivity index (χ3n) is 3.85. The number of aromatic nitrogens is 1. The van der Waals surface area contributed by atoms with Crippen molar-refractivity contribution in [3.63, 3.8) is 0 Å². The Bertz CT molecular complexity index is 1060. The average Bonchev–Trinajstić information content (AvgIpc) is 3.00. The van der Waals surface area contributed by atoms with E-state index in [1.165, 1.54) is 17.4 Å². The van der Waals surface area contributed by atoms with Gasteiger partial charge in [0.05, 0.1) is 22.2 Å². The highest BCUT2D eigenvalue weighted by Gasteiger charge is 2.12. The van der Waals surface area contributed by atoms with Gasteiger partial charge in [0, 0.05) is 12.7 Å². The van der Waals surface area contributed by atoms with Gasteiger partial charge in [-0.1, -0.05) is 29.5 Å². The highest BCUT2D eigenvalue weighted by Crippen LogP contribution is 2.28. The molecule has 8 heteroatoms. The third-order valence-corrected chi connectivity index (χ3v) is 5.89. The first-order valence-electron chi connectivity index (χ1n) is 7.89. The molecule has 0 aliphatic rings. The number of para-hydroxylation sites is 1. The maximum atomic E-state index is 12.2. The van der Waals surface area contributed by atoms with Crippen molar-refractivity contribution in [2.24, 2.45) is 0 Å². The molecule has 1 N–H and O–H groups in total. The number of carbonyl (C=O) groups excluding carboxylic acids is 1. The quantitative estimate of drug-likeness (QED) is 0.698. The van der Waals surface area contributed by atoms with Crippen molar-refractivity contribution in [2.75, 3.05) is 18.7 Å². The first kappa shape index (κ1) is 18.3. The van der Waals surface area contributed by atoms with E-state index >= 15 is 0 Å². The lowest BCUT2D eigenvalue weighted by Gasteiger charge is -2.07. The number of rotatable bonds is 6. The number of sulfone groups is 1. The van der Waals surface area contributed by atoms with Crippen molar-refractivity contribution in [2.45, 2.75) is 17.7 Å². The van der Waals surface area contributed by atoms with Crippen LogP contribution in [0.3, 0.4) is 0 Å². The van der Waals surface area contributed by atoms with E-state index in [1.54, 1.807) is 19.2 Å². The molecule has 2 aromatic carbocycles. The minimum absolute atomic E-state index is 0.154. The van der Waals surface area contributed by atoms with E-state index in [9.17, 15) is 13.2 Å². The fraction of sp³-hybridized carbons (Fsp3) is 0.222. The maximum Gasteiger partial charge on any atom is 0.226 e. The number of carbonyl (C=O) groups is 1. The molecular weight excluding hydrogens is 372 g/mol. The van der Waals surface area contributed by atoms with Crippen LogP contribution in [0.1, 0.15) is 12.0 Å². The zero-order valence-corrected chi connectivity index (χ0v) is 16.0. The summed E-state index contributed by atoms with van der Waals surface area (Å²) in [4.78, 5) is 16.8. The minimum Gasteiger partial charge on any atom is -0.496 e. The zero-order chi connectivity index (χ0) is 18.7. The average molecular weight is 390 g/mol. The summed E-state index contributed by atoms with van der Waals surface area (Å²) in [6, 6.07) is 12.3. The Labute approximate surface area is 155 Å². The largest absolute Gasteiger partial charge is 0.496 e. The monoisotopic (exact) mass is 390 g/mol. The second-order valence-electron chi connectivity index (χ2n) is 5.78. The lowest BCUT2D eigenvalue weighted by Crippen LogP contribution is -2.12. The van der Waals surface area contributed by atoms with Gasteiger partial charge in [-0.15, -0.1) is 0 Å². The smallest absolute Gasteiger partial charge is 0.226 e. The topological polar surface area (TPSA) is 85.4 Å². The zero-order valence-electron chi connectivity index (χ0n) is 14.4. The first-order valence-corrected chi connectivity index (χ1v) is 10.6. The number of nitrogens with one attached hydrogen (secondary N) is 1.